The molecule has 0 saturated heterocycles. The molecule has 5 nitrogen and oxygen atoms in total. The summed E-state index contributed by atoms with van der Waals surface area (Å²) >= 11 is 1.34. The monoisotopic (exact) mass is 311 g/mol. The third kappa shape index (κ3) is 2.82. The average Bonchev–Trinajstić information content (AvgIpc) is 2.86. The van der Waals surface area contributed by atoms with Crippen molar-refractivity contribution in [3.05, 3.63) is 53.6 Å². The van der Waals surface area contributed by atoms with Crippen LogP contribution in [-0.2, 0) is 0 Å². The molecule has 0 spiro atoms. The number of thiazole rings is 1. The van der Waals surface area contributed by atoms with Gasteiger partial charge in [-0.3, -0.25) is 9.59 Å². The Kier molecular flexibility index (Phi) is 3.60. The Morgan fingerprint density at radius 1 is 1.09 bits per heavy atom. The van der Waals surface area contributed by atoms with Crippen LogP contribution in [0.2, 0.25) is 0 Å². The molecule has 110 valence electrons. The molecule has 0 radical (unpaired) electrons. The number of carbonyl (C=O) groups excluding carboxylic acids is 2. The molecule has 0 aliphatic heterocycles. The first-order valence-corrected chi connectivity index (χ1v) is 7.43. The highest BCUT2D eigenvalue weighted by Gasteiger charge is 2.09. The standard InChI is InChI=1S/C16H13N3O2S/c1-9(20)10-2-5-12(6-3-10)18-15(21)11-4-7-13-14(8-11)22-16(17)19-13/h2-8H,1H3,(H2,17,19)(H,18,21). The van der Waals surface area contributed by atoms with Crippen LogP contribution in [0.5, 0.6) is 0 Å². The highest BCUT2D eigenvalue weighted by atomic mass is 32.1. The van der Waals surface area contributed by atoms with Crippen molar-refractivity contribution in [1.29, 1.82) is 0 Å². The largest absolute Gasteiger partial charge is 0.375 e. The predicted molar refractivity (Wildman–Crippen MR) is 88.4 cm³/mol. The fourth-order valence-electron chi connectivity index (χ4n) is 2.08. The number of amides is 1. The first kappa shape index (κ1) is 14.2. The van der Waals surface area contributed by atoms with E-state index in [0.29, 0.717) is 21.9 Å². The zero-order chi connectivity index (χ0) is 15.7. The maximum Gasteiger partial charge on any atom is 0.255 e. The van der Waals surface area contributed by atoms with E-state index in [2.05, 4.69) is 10.3 Å². The minimum Gasteiger partial charge on any atom is -0.375 e. The number of anilines is 2. The van der Waals surface area contributed by atoms with Gasteiger partial charge in [0.15, 0.2) is 10.9 Å². The lowest BCUT2D eigenvalue weighted by atomic mass is 10.1. The van der Waals surface area contributed by atoms with Crippen LogP contribution in [0.15, 0.2) is 42.5 Å². The molecule has 3 N–H and O–H groups in total. The summed E-state index contributed by atoms with van der Waals surface area (Å²) in [7, 11) is 0. The smallest absolute Gasteiger partial charge is 0.255 e. The number of nitrogen functional groups attached to an aromatic ring is 1. The van der Waals surface area contributed by atoms with Crippen LogP contribution in [0.4, 0.5) is 10.8 Å². The molecule has 0 unspecified atom stereocenters. The molecule has 1 amide bonds. The summed E-state index contributed by atoms with van der Waals surface area (Å²) in [5.41, 5.74) is 8.22. The van der Waals surface area contributed by atoms with E-state index < -0.39 is 0 Å². The fraction of sp³-hybridized carbons (Fsp3) is 0.0625. The lowest BCUT2D eigenvalue weighted by Crippen LogP contribution is -2.11. The SMILES string of the molecule is CC(=O)c1ccc(NC(=O)c2ccc3nc(N)sc3c2)cc1. The topological polar surface area (TPSA) is 85.1 Å². The van der Waals surface area contributed by atoms with E-state index in [1.54, 1.807) is 42.5 Å². The third-order valence-electron chi connectivity index (χ3n) is 3.22. The van der Waals surface area contributed by atoms with E-state index >= 15 is 0 Å². The van der Waals surface area contributed by atoms with Gasteiger partial charge in [-0.05, 0) is 49.4 Å². The molecule has 0 bridgehead atoms. The molecule has 3 rings (SSSR count). The number of hydrogen-bond acceptors (Lipinski definition) is 5. The molecule has 22 heavy (non-hydrogen) atoms. The summed E-state index contributed by atoms with van der Waals surface area (Å²) in [6.45, 7) is 1.50. The van der Waals surface area contributed by atoms with Crippen molar-refractivity contribution in [3.8, 4) is 0 Å². The lowest BCUT2D eigenvalue weighted by molar-refractivity contribution is 0.101. The number of nitrogens with zero attached hydrogens (tertiary/aromatic N) is 1. The van der Waals surface area contributed by atoms with Crippen molar-refractivity contribution in [2.45, 2.75) is 6.92 Å². The Labute approximate surface area is 130 Å². The number of ketones is 1. The van der Waals surface area contributed by atoms with Gasteiger partial charge in [-0.1, -0.05) is 11.3 Å². The zero-order valence-electron chi connectivity index (χ0n) is 11.8. The lowest BCUT2D eigenvalue weighted by Gasteiger charge is -2.06. The minimum absolute atomic E-state index is 0.00823. The van der Waals surface area contributed by atoms with Crippen LogP contribution in [0, 0.1) is 0 Å². The summed E-state index contributed by atoms with van der Waals surface area (Å²) in [6, 6.07) is 12.0. The first-order chi connectivity index (χ1) is 10.5. The van der Waals surface area contributed by atoms with E-state index in [1.807, 2.05) is 0 Å². The molecule has 1 aromatic heterocycles. The summed E-state index contributed by atoms with van der Waals surface area (Å²) in [5, 5.41) is 3.28. The molecule has 6 heteroatoms. The summed E-state index contributed by atoms with van der Waals surface area (Å²) < 4.78 is 0.872. The second-order valence-corrected chi connectivity index (χ2v) is 5.88. The van der Waals surface area contributed by atoms with Crippen molar-refractivity contribution in [2.75, 3.05) is 11.1 Å². The van der Waals surface area contributed by atoms with Crippen molar-refractivity contribution in [2.24, 2.45) is 0 Å². The Morgan fingerprint density at radius 2 is 1.77 bits per heavy atom. The van der Waals surface area contributed by atoms with E-state index in [4.69, 9.17) is 5.73 Å². The van der Waals surface area contributed by atoms with Crippen LogP contribution in [0.1, 0.15) is 27.6 Å². The Balaban J connectivity index is 1.81. The molecule has 0 aliphatic carbocycles. The summed E-state index contributed by atoms with van der Waals surface area (Å²) in [6.07, 6.45) is 0. The number of hydrogen-bond donors (Lipinski definition) is 2. The normalized spacial score (nSPS) is 10.6. The fourth-order valence-corrected chi connectivity index (χ4v) is 2.85. The van der Waals surface area contributed by atoms with Gasteiger partial charge in [-0.25, -0.2) is 4.98 Å². The number of nitrogens with one attached hydrogen (secondary N) is 1. The molecule has 0 fully saturated rings. The number of rotatable bonds is 3. The minimum atomic E-state index is -0.218. The molecule has 3 aromatic rings. The van der Waals surface area contributed by atoms with E-state index in [1.165, 1.54) is 18.3 Å². The van der Waals surface area contributed by atoms with Crippen LogP contribution in [0.25, 0.3) is 10.2 Å². The van der Waals surface area contributed by atoms with E-state index in [-0.39, 0.29) is 11.7 Å². The van der Waals surface area contributed by atoms with Gasteiger partial charge in [0, 0.05) is 16.8 Å². The number of benzene rings is 2. The highest BCUT2D eigenvalue weighted by molar-refractivity contribution is 7.22. The van der Waals surface area contributed by atoms with Gasteiger partial charge in [-0.15, -0.1) is 0 Å². The molecular formula is C16H13N3O2S. The van der Waals surface area contributed by atoms with Gasteiger partial charge < -0.3 is 11.1 Å². The van der Waals surface area contributed by atoms with Gasteiger partial charge >= 0.3 is 0 Å². The van der Waals surface area contributed by atoms with Crippen molar-refractivity contribution in [3.63, 3.8) is 0 Å². The van der Waals surface area contributed by atoms with Crippen LogP contribution >= 0.6 is 11.3 Å². The molecule has 1 heterocycles. The van der Waals surface area contributed by atoms with E-state index in [9.17, 15) is 9.59 Å². The molecule has 0 saturated carbocycles. The third-order valence-corrected chi connectivity index (χ3v) is 4.06. The van der Waals surface area contributed by atoms with Crippen molar-refractivity contribution >= 4 is 44.1 Å². The maximum absolute atomic E-state index is 12.3. The van der Waals surface area contributed by atoms with Gasteiger partial charge in [0.05, 0.1) is 10.2 Å². The number of carbonyl (C=O) groups is 2. The highest BCUT2D eigenvalue weighted by Crippen LogP contribution is 2.25. The summed E-state index contributed by atoms with van der Waals surface area (Å²) in [4.78, 5) is 27.6. The molecule has 0 aliphatic rings. The van der Waals surface area contributed by atoms with Crippen LogP contribution in [0.3, 0.4) is 0 Å². The maximum atomic E-state index is 12.3. The van der Waals surface area contributed by atoms with Gasteiger partial charge in [0.1, 0.15) is 0 Å². The number of nitrogens with two attached hydrogens (primary N) is 1. The van der Waals surface area contributed by atoms with Crippen molar-refractivity contribution in [1.82, 2.24) is 4.98 Å². The number of aromatic nitrogens is 1. The number of Topliss-reactive ketones (excluding diaryl/α,β-unsaturated/α-hetero) is 1. The van der Waals surface area contributed by atoms with E-state index in [0.717, 1.165) is 10.2 Å². The quantitative estimate of drug-likeness (QED) is 0.726. The average molecular weight is 311 g/mol. The van der Waals surface area contributed by atoms with Gasteiger partial charge in [-0.2, -0.15) is 0 Å². The van der Waals surface area contributed by atoms with Crippen molar-refractivity contribution < 1.29 is 9.59 Å². The van der Waals surface area contributed by atoms with Gasteiger partial charge in [0.2, 0.25) is 0 Å². The van der Waals surface area contributed by atoms with Gasteiger partial charge in [0.25, 0.3) is 5.91 Å². The Morgan fingerprint density at radius 3 is 2.45 bits per heavy atom. The second kappa shape index (κ2) is 5.57. The zero-order valence-corrected chi connectivity index (χ0v) is 12.6. The van der Waals surface area contributed by atoms with Crippen LogP contribution < -0.4 is 11.1 Å². The first-order valence-electron chi connectivity index (χ1n) is 6.61. The Hall–Kier alpha value is -2.73. The summed E-state index contributed by atoms with van der Waals surface area (Å²) in [5.74, 6) is -0.226. The predicted octanol–water partition coefficient (Wildman–Crippen LogP) is 3.33. The molecular weight excluding hydrogens is 298 g/mol. The number of fused-ring (bicyclic) bond motifs is 1. The Bertz CT molecular complexity index is 869. The van der Waals surface area contributed by atoms with Crippen LogP contribution in [-0.4, -0.2) is 16.7 Å². The second-order valence-electron chi connectivity index (χ2n) is 4.82. The molecule has 2 aromatic carbocycles. The molecule has 0 atom stereocenters.